The van der Waals surface area contributed by atoms with E-state index >= 15 is 0 Å². The highest BCUT2D eigenvalue weighted by atomic mass is 16.2. The summed E-state index contributed by atoms with van der Waals surface area (Å²) in [6.45, 7) is 10.1. The first-order chi connectivity index (χ1) is 12.0. The van der Waals surface area contributed by atoms with Gasteiger partial charge in [-0.1, -0.05) is 42.5 Å². The zero-order chi connectivity index (χ0) is 18.5. The highest BCUT2D eigenvalue weighted by Gasteiger charge is 2.18. The second-order valence-electron chi connectivity index (χ2n) is 6.07. The maximum Gasteiger partial charge on any atom is 0.239 e. The second-order valence-corrected chi connectivity index (χ2v) is 6.07. The van der Waals surface area contributed by atoms with Gasteiger partial charge in [0.25, 0.3) is 0 Å². The van der Waals surface area contributed by atoms with Crippen LogP contribution in [0.4, 0.5) is 0 Å². The molecule has 1 heterocycles. The van der Waals surface area contributed by atoms with E-state index < -0.39 is 0 Å². The number of ketones is 1. The normalized spacial score (nSPS) is 14.2. The third kappa shape index (κ3) is 9.57. The molecule has 1 aliphatic rings. The van der Waals surface area contributed by atoms with E-state index in [0.29, 0.717) is 25.3 Å². The number of allylic oxidation sites excluding steroid dienone is 1. The van der Waals surface area contributed by atoms with Gasteiger partial charge in [0.05, 0.1) is 6.54 Å². The van der Waals surface area contributed by atoms with Gasteiger partial charge in [-0.05, 0) is 32.4 Å². The summed E-state index contributed by atoms with van der Waals surface area (Å²) in [5.41, 5.74) is 1.32. The molecule has 5 nitrogen and oxygen atoms in total. The lowest BCUT2D eigenvalue weighted by Crippen LogP contribution is -2.26. The Balaban J connectivity index is 0.000000370. The molecule has 0 aromatic heterocycles. The van der Waals surface area contributed by atoms with Crippen molar-refractivity contribution in [2.75, 3.05) is 26.2 Å². The SMILES string of the molecule is C=C/C=N\N(CCCCN1CCC(=O)C1)C(C)=O.Cc1ccccc1. The number of unbranched alkanes of at least 4 members (excludes halogenated alkanes) is 1. The molecule has 1 amide bonds. The first kappa shape index (κ1) is 20.8. The molecular formula is C20H29N3O2. The van der Waals surface area contributed by atoms with E-state index in [-0.39, 0.29) is 5.91 Å². The van der Waals surface area contributed by atoms with Gasteiger partial charge in [0.1, 0.15) is 5.78 Å². The van der Waals surface area contributed by atoms with Gasteiger partial charge in [-0.2, -0.15) is 5.10 Å². The van der Waals surface area contributed by atoms with Crippen LogP contribution in [0.5, 0.6) is 0 Å². The average molecular weight is 343 g/mol. The lowest BCUT2D eigenvalue weighted by molar-refractivity contribution is -0.128. The lowest BCUT2D eigenvalue weighted by Gasteiger charge is -2.16. The molecule has 5 heteroatoms. The van der Waals surface area contributed by atoms with Crippen molar-refractivity contribution in [1.29, 1.82) is 0 Å². The smallest absolute Gasteiger partial charge is 0.239 e. The monoisotopic (exact) mass is 343 g/mol. The van der Waals surface area contributed by atoms with E-state index in [1.807, 2.05) is 18.2 Å². The summed E-state index contributed by atoms with van der Waals surface area (Å²) in [5, 5.41) is 5.44. The Morgan fingerprint density at radius 3 is 2.52 bits per heavy atom. The van der Waals surface area contributed by atoms with Crippen molar-refractivity contribution >= 4 is 17.9 Å². The number of aryl methyl sites for hydroxylation is 1. The zero-order valence-electron chi connectivity index (χ0n) is 15.4. The number of hydrazone groups is 1. The van der Waals surface area contributed by atoms with E-state index in [0.717, 1.165) is 25.9 Å². The summed E-state index contributed by atoms with van der Waals surface area (Å²) in [7, 11) is 0. The fourth-order valence-electron chi connectivity index (χ4n) is 2.44. The molecule has 136 valence electrons. The Labute approximate surface area is 151 Å². The third-order valence-corrected chi connectivity index (χ3v) is 3.82. The van der Waals surface area contributed by atoms with Gasteiger partial charge >= 0.3 is 0 Å². The summed E-state index contributed by atoms with van der Waals surface area (Å²) >= 11 is 0. The van der Waals surface area contributed by atoms with Crippen LogP contribution in [0.2, 0.25) is 0 Å². The van der Waals surface area contributed by atoms with Crippen LogP contribution in [0.1, 0.15) is 31.7 Å². The van der Waals surface area contributed by atoms with Gasteiger partial charge in [0.2, 0.25) is 5.91 Å². The van der Waals surface area contributed by atoms with Gasteiger partial charge < -0.3 is 0 Å². The van der Waals surface area contributed by atoms with Gasteiger partial charge in [-0.15, -0.1) is 0 Å². The molecule has 1 aliphatic heterocycles. The molecule has 1 aromatic rings. The number of amides is 1. The molecule has 0 atom stereocenters. The van der Waals surface area contributed by atoms with E-state index in [2.05, 4.69) is 35.6 Å². The first-order valence-electron chi connectivity index (χ1n) is 8.71. The van der Waals surface area contributed by atoms with E-state index in [9.17, 15) is 9.59 Å². The molecule has 25 heavy (non-hydrogen) atoms. The van der Waals surface area contributed by atoms with Crippen LogP contribution in [0.25, 0.3) is 0 Å². The maximum atomic E-state index is 11.3. The number of carbonyl (C=O) groups is 2. The lowest BCUT2D eigenvalue weighted by atomic mass is 10.2. The second kappa shape index (κ2) is 12.1. The predicted octanol–water partition coefficient (Wildman–Crippen LogP) is 3.06. The highest BCUT2D eigenvalue weighted by Crippen LogP contribution is 2.06. The van der Waals surface area contributed by atoms with Gasteiger partial charge in [0, 0.05) is 32.6 Å². The number of hydrogen-bond donors (Lipinski definition) is 0. The van der Waals surface area contributed by atoms with Crippen LogP contribution in [0.15, 0.2) is 48.1 Å². The summed E-state index contributed by atoms with van der Waals surface area (Å²) in [6.07, 6.45) is 5.61. The Morgan fingerprint density at radius 1 is 1.32 bits per heavy atom. The molecule has 0 bridgehead atoms. The standard InChI is InChI=1S/C13H21N3O2.C7H8/c1-3-7-14-16(12(2)17)9-5-4-8-15-10-6-13(18)11-15;1-7-5-3-2-4-6-7/h3,7H,1,4-6,8-11H2,2H3;2-6H,1H3/b14-7-;. The molecule has 2 rings (SSSR count). The Bertz CT molecular complexity index is 570. The number of hydrogen-bond acceptors (Lipinski definition) is 4. The van der Waals surface area contributed by atoms with Crippen LogP contribution in [0.3, 0.4) is 0 Å². The largest absolute Gasteiger partial charge is 0.298 e. The van der Waals surface area contributed by atoms with Crippen molar-refractivity contribution in [2.45, 2.75) is 33.1 Å². The molecular weight excluding hydrogens is 314 g/mol. The van der Waals surface area contributed by atoms with Gasteiger partial charge in [-0.3, -0.25) is 14.5 Å². The number of benzene rings is 1. The molecule has 1 aromatic carbocycles. The minimum absolute atomic E-state index is 0.0653. The molecule has 1 fully saturated rings. The van der Waals surface area contributed by atoms with Crippen molar-refractivity contribution in [3.05, 3.63) is 48.6 Å². The molecule has 0 saturated carbocycles. The molecule has 0 aliphatic carbocycles. The first-order valence-corrected chi connectivity index (χ1v) is 8.71. The molecule has 1 saturated heterocycles. The molecule has 0 unspecified atom stereocenters. The minimum Gasteiger partial charge on any atom is -0.298 e. The third-order valence-electron chi connectivity index (χ3n) is 3.82. The zero-order valence-corrected chi connectivity index (χ0v) is 15.4. The number of likely N-dealkylation sites (tertiary alicyclic amines) is 1. The number of carbonyl (C=O) groups excluding carboxylic acids is 2. The highest BCUT2D eigenvalue weighted by molar-refractivity contribution is 5.82. The fourth-order valence-corrected chi connectivity index (χ4v) is 2.44. The van der Waals surface area contributed by atoms with Crippen molar-refractivity contribution < 1.29 is 9.59 Å². The Kier molecular flexibility index (Phi) is 10.1. The molecule has 0 N–H and O–H groups in total. The quantitative estimate of drug-likeness (QED) is 0.434. The van der Waals surface area contributed by atoms with Crippen LogP contribution < -0.4 is 0 Å². The van der Waals surface area contributed by atoms with Crippen LogP contribution >= 0.6 is 0 Å². The molecule has 0 spiro atoms. The predicted molar refractivity (Wildman–Crippen MR) is 103 cm³/mol. The van der Waals surface area contributed by atoms with E-state index in [1.165, 1.54) is 23.7 Å². The Hall–Kier alpha value is -2.27. The topological polar surface area (TPSA) is 53.0 Å². The van der Waals surface area contributed by atoms with Crippen LogP contribution in [-0.4, -0.2) is 54.0 Å². The minimum atomic E-state index is -0.0653. The number of Topliss-reactive ketones (excluding diaryl/α,β-unsaturated/α-hetero) is 1. The van der Waals surface area contributed by atoms with Crippen LogP contribution in [0, 0.1) is 6.92 Å². The number of rotatable bonds is 7. The van der Waals surface area contributed by atoms with Gasteiger partial charge in [0.15, 0.2) is 0 Å². The van der Waals surface area contributed by atoms with Crippen molar-refractivity contribution in [1.82, 2.24) is 9.91 Å². The van der Waals surface area contributed by atoms with E-state index in [4.69, 9.17) is 0 Å². The summed E-state index contributed by atoms with van der Waals surface area (Å²) < 4.78 is 0. The van der Waals surface area contributed by atoms with Crippen molar-refractivity contribution in [2.24, 2.45) is 5.10 Å². The summed E-state index contributed by atoms with van der Waals surface area (Å²) in [6, 6.07) is 10.3. The maximum absolute atomic E-state index is 11.3. The summed E-state index contributed by atoms with van der Waals surface area (Å²) in [4.78, 5) is 24.5. The van der Waals surface area contributed by atoms with E-state index in [1.54, 1.807) is 6.08 Å². The van der Waals surface area contributed by atoms with Crippen LogP contribution in [-0.2, 0) is 9.59 Å². The average Bonchev–Trinajstić information content (AvgIpc) is 3.00. The Morgan fingerprint density at radius 2 is 2.04 bits per heavy atom. The summed E-state index contributed by atoms with van der Waals surface area (Å²) in [5.74, 6) is 0.264. The fraction of sp³-hybridized carbons (Fsp3) is 0.450. The van der Waals surface area contributed by atoms with Crippen molar-refractivity contribution in [3.63, 3.8) is 0 Å². The van der Waals surface area contributed by atoms with Gasteiger partial charge in [-0.25, -0.2) is 5.01 Å². The van der Waals surface area contributed by atoms with Crippen molar-refractivity contribution in [3.8, 4) is 0 Å². The number of nitrogens with zero attached hydrogens (tertiary/aromatic N) is 3. The molecule has 0 radical (unpaired) electrons.